The normalized spacial score (nSPS) is 19.2. The van der Waals surface area contributed by atoms with Crippen molar-refractivity contribution in [3.63, 3.8) is 0 Å². The summed E-state index contributed by atoms with van der Waals surface area (Å²) in [5.41, 5.74) is 0.322. The summed E-state index contributed by atoms with van der Waals surface area (Å²) in [7, 11) is 0. The zero-order valence-corrected chi connectivity index (χ0v) is 12.8. The second-order valence-corrected chi connectivity index (χ2v) is 5.17. The van der Waals surface area contributed by atoms with Crippen molar-refractivity contribution in [2.45, 2.75) is 19.6 Å². The van der Waals surface area contributed by atoms with Crippen molar-refractivity contribution < 1.29 is 23.0 Å². The highest BCUT2D eigenvalue weighted by atomic mass is 35.5. The van der Waals surface area contributed by atoms with E-state index >= 15 is 0 Å². The molecule has 22 heavy (non-hydrogen) atoms. The second-order valence-electron chi connectivity index (χ2n) is 4.77. The number of nitrogens with one attached hydrogen (secondary N) is 1. The van der Waals surface area contributed by atoms with Gasteiger partial charge in [0.25, 0.3) is 5.91 Å². The van der Waals surface area contributed by atoms with Crippen LogP contribution in [-0.4, -0.2) is 49.8 Å². The lowest BCUT2D eigenvalue weighted by atomic mass is 10.2. The average molecular weight is 335 g/mol. The Kier molecular flexibility index (Phi) is 5.93. The van der Waals surface area contributed by atoms with E-state index in [0.29, 0.717) is 18.8 Å². The van der Waals surface area contributed by atoms with Crippen molar-refractivity contribution in [3.05, 3.63) is 23.2 Å². The molecule has 1 aliphatic heterocycles. The highest BCUT2D eigenvalue weighted by Gasteiger charge is 2.26. The lowest BCUT2D eigenvalue weighted by Crippen LogP contribution is -2.47. The van der Waals surface area contributed by atoms with Crippen molar-refractivity contribution >= 4 is 23.2 Å². The highest BCUT2D eigenvalue weighted by Crippen LogP contribution is 2.29. The summed E-state index contributed by atoms with van der Waals surface area (Å²) < 4.78 is 34.3. The van der Waals surface area contributed by atoms with E-state index in [-0.39, 0.29) is 16.7 Å². The van der Waals surface area contributed by atoms with E-state index in [2.05, 4.69) is 15.0 Å². The third-order valence-electron chi connectivity index (χ3n) is 3.31. The molecular formula is C14H17ClF2N2O3. The van der Waals surface area contributed by atoms with Crippen LogP contribution in [0.5, 0.6) is 5.75 Å². The summed E-state index contributed by atoms with van der Waals surface area (Å²) in [5.74, 6) is -0.516. The topological polar surface area (TPSA) is 50.8 Å². The molecule has 1 fully saturated rings. The summed E-state index contributed by atoms with van der Waals surface area (Å²) >= 11 is 5.76. The SMILES string of the molecule is CCN1CCOC(C(=O)Nc2ccc(Cl)c(OC(F)F)c2)C1. The number of carbonyl (C=O) groups is 1. The third-order valence-corrected chi connectivity index (χ3v) is 3.62. The molecule has 8 heteroatoms. The number of morpholine rings is 1. The Hall–Kier alpha value is -1.44. The molecule has 1 aromatic rings. The number of rotatable bonds is 5. The molecule has 1 N–H and O–H groups in total. The van der Waals surface area contributed by atoms with Gasteiger partial charge in [-0.15, -0.1) is 0 Å². The lowest BCUT2D eigenvalue weighted by molar-refractivity contribution is -0.132. The number of nitrogens with zero attached hydrogens (tertiary/aromatic N) is 1. The van der Waals surface area contributed by atoms with Crippen LogP contribution in [0, 0.1) is 0 Å². The number of hydrogen-bond donors (Lipinski definition) is 1. The van der Waals surface area contributed by atoms with E-state index in [9.17, 15) is 13.6 Å². The highest BCUT2D eigenvalue weighted by molar-refractivity contribution is 6.32. The molecule has 1 heterocycles. The van der Waals surface area contributed by atoms with E-state index in [1.807, 2.05) is 6.92 Å². The zero-order chi connectivity index (χ0) is 16.1. The average Bonchev–Trinajstić information content (AvgIpc) is 2.50. The van der Waals surface area contributed by atoms with Crippen LogP contribution >= 0.6 is 11.6 Å². The first-order chi connectivity index (χ1) is 10.5. The fourth-order valence-corrected chi connectivity index (χ4v) is 2.30. The molecule has 122 valence electrons. The van der Waals surface area contributed by atoms with Gasteiger partial charge >= 0.3 is 6.61 Å². The minimum Gasteiger partial charge on any atom is -0.433 e. The van der Waals surface area contributed by atoms with Gasteiger partial charge in [0.1, 0.15) is 11.9 Å². The quantitative estimate of drug-likeness (QED) is 0.899. The minimum absolute atomic E-state index is 0.0457. The van der Waals surface area contributed by atoms with Gasteiger partial charge in [0.05, 0.1) is 11.6 Å². The predicted molar refractivity (Wildman–Crippen MR) is 78.6 cm³/mol. The van der Waals surface area contributed by atoms with Crippen molar-refractivity contribution in [3.8, 4) is 5.75 Å². The van der Waals surface area contributed by atoms with Crippen LogP contribution in [0.25, 0.3) is 0 Å². The molecule has 0 aromatic heterocycles. The molecule has 2 rings (SSSR count). The number of amides is 1. The number of ether oxygens (including phenoxy) is 2. The fraction of sp³-hybridized carbons (Fsp3) is 0.500. The zero-order valence-electron chi connectivity index (χ0n) is 12.0. The van der Waals surface area contributed by atoms with Gasteiger partial charge in [-0.2, -0.15) is 8.78 Å². The van der Waals surface area contributed by atoms with Crippen molar-refractivity contribution in [1.29, 1.82) is 0 Å². The largest absolute Gasteiger partial charge is 0.433 e. The molecule has 0 saturated carbocycles. The third kappa shape index (κ3) is 4.53. The van der Waals surface area contributed by atoms with E-state index in [0.717, 1.165) is 13.1 Å². The number of anilines is 1. The Morgan fingerprint density at radius 2 is 2.36 bits per heavy atom. The molecule has 0 radical (unpaired) electrons. The number of carbonyl (C=O) groups excluding carboxylic acids is 1. The standard InChI is InChI=1S/C14H17ClF2N2O3/c1-2-19-5-6-21-12(8-19)13(20)18-9-3-4-10(15)11(7-9)22-14(16)17/h3-4,7,12,14H,2,5-6,8H2,1H3,(H,18,20). The summed E-state index contributed by atoms with van der Waals surface area (Å²) in [4.78, 5) is 14.3. The molecule has 0 bridgehead atoms. The van der Waals surface area contributed by atoms with Crippen LogP contribution < -0.4 is 10.1 Å². The van der Waals surface area contributed by atoms with Crippen LogP contribution in [0.15, 0.2) is 18.2 Å². The number of benzene rings is 1. The first-order valence-corrected chi connectivity index (χ1v) is 7.26. The minimum atomic E-state index is -2.98. The number of likely N-dealkylation sites (N-methyl/N-ethyl adjacent to an activating group) is 1. The maximum absolute atomic E-state index is 12.3. The van der Waals surface area contributed by atoms with E-state index in [4.69, 9.17) is 16.3 Å². The molecule has 1 amide bonds. The Balaban J connectivity index is 2.02. The van der Waals surface area contributed by atoms with E-state index in [1.165, 1.54) is 18.2 Å². The van der Waals surface area contributed by atoms with Gasteiger partial charge in [-0.25, -0.2) is 0 Å². The monoisotopic (exact) mass is 334 g/mol. The molecule has 5 nitrogen and oxygen atoms in total. The number of hydrogen-bond acceptors (Lipinski definition) is 4. The molecule has 1 unspecified atom stereocenters. The molecule has 1 saturated heterocycles. The maximum Gasteiger partial charge on any atom is 0.387 e. The van der Waals surface area contributed by atoms with Crippen LogP contribution in [0.1, 0.15) is 6.92 Å². The van der Waals surface area contributed by atoms with Gasteiger partial charge in [-0.05, 0) is 18.7 Å². The van der Waals surface area contributed by atoms with Crippen LogP contribution in [0.2, 0.25) is 5.02 Å². The van der Waals surface area contributed by atoms with Gasteiger partial charge < -0.3 is 14.8 Å². The summed E-state index contributed by atoms with van der Waals surface area (Å²) in [6.45, 7) is 1.62. The first kappa shape index (κ1) is 16.9. The van der Waals surface area contributed by atoms with Crippen LogP contribution in [0.4, 0.5) is 14.5 Å². The molecule has 0 spiro atoms. The second kappa shape index (κ2) is 7.71. The molecule has 1 aliphatic rings. The first-order valence-electron chi connectivity index (χ1n) is 6.88. The summed E-state index contributed by atoms with van der Waals surface area (Å²) in [5, 5.41) is 2.67. The summed E-state index contributed by atoms with van der Waals surface area (Å²) in [6, 6.07) is 4.15. The Morgan fingerprint density at radius 3 is 3.05 bits per heavy atom. The molecule has 1 atom stereocenters. The van der Waals surface area contributed by atoms with Gasteiger partial charge in [-0.3, -0.25) is 9.69 Å². The van der Waals surface area contributed by atoms with Crippen LogP contribution in [-0.2, 0) is 9.53 Å². The van der Waals surface area contributed by atoms with Crippen molar-refractivity contribution in [2.75, 3.05) is 31.6 Å². The van der Waals surface area contributed by atoms with Gasteiger partial charge in [0.15, 0.2) is 0 Å². The molecular weight excluding hydrogens is 318 g/mol. The fourth-order valence-electron chi connectivity index (χ4n) is 2.14. The number of alkyl halides is 2. The number of halogens is 3. The van der Waals surface area contributed by atoms with Crippen molar-refractivity contribution in [1.82, 2.24) is 4.90 Å². The van der Waals surface area contributed by atoms with Crippen molar-refractivity contribution in [2.24, 2.45) is 0 Å². The Morgan fingerprint density at radius 1 is 1.59 bits per heavy atom. The molecule has 1 aromatic carbocycles. The Labute approximate surface area is 132 Å². The smallest absolute Gasteiger partial charge is 0.387 e. The maximum atomic E-state index is 12.3. The van der Waals surface area contributed by atoms with E-state index in [1.54, 1.807) is 0 Å². The summed E-state index contributed by atoms with van der Waals surface area (Å²) in [6.07, 6.45) is -0.594. The van der Waals surface area contributed by atoms with Gasteiger partial charge in [0.2, 0.25) is 0 Å². The predicted octanol–water partition coefficient (Wildman–Crippen LogP) is 2.60. The Bertz CT molecular complexity index is 531. The van der Waals surface area contributed by atoms with E-state index < -0.39 is 12.7 Å². The van der Waals surface area contributed by atoms with Crippen LogP contribution in [0.3, 0.4) is 0 Å². The lowest BCUT2D eigenvalue weighted by Gasteiger charge is -2.31. The van der Waals surface area contributed by atoms with Gasteiger partial charge in [0, 0.05) is 24.8 Å². The molecule has 0 aliphatic carbocycles. The van der Waals surface area contributed by atoms with Gasteiger partial charge in [-0.1, -0.05) is 18.5 Å².